The fourth-order valence-corrected chi connectivity index (χ4v) is 10.1. The van der Waals surface area contributed by atoms with Crippen LogP contribution in [0.2, 0.25) is 0 Å². The van der Waals surface area contributed by atoms with Gasteiger partial charge in [0.05, 0.1) is 37.8 Å². The second-order valence-corrected chi connectivity index (χ2v) is 17.6. The van der Waals surface area contributed by atoms with Crippen LogP contribution in [-0.4, -0.2) is 85.0 Å². The van der Waals surface area contributed by atoms with Crippen molar-refractivity contribution in [1.82, 2.24) is 19.2 Å². The van der Waals surface area contributed by atoms with Crippen molar-refractivity contribution in [3.8, 4) is 0 Å². The SMILES string of the molecule is COC(=O)N1CC2(C1)C(=O)N(Cc1ncc3ccccc3c1CF)c1ccccc12.CS(=O)(=O)N1CC2(C1)C(=O)N(Cc1ncc3ccccc3c1CF)c1ccccc12. The average molecular weight is 831 g/mol. The maximum atomic E-state index is 14.0. The molecule has 0 aliphatic carbocycles. The van der Waals surface area contributed by atoms with E-state index in [1.807, 2.05) is 97.1 Å². The van der Waals surface area contributed by atoms with E-state index in [4.69, 9.17) is 4.74 Å². The van der Waals surface area contributed by atoms with E-state index in [1.54, 1.807) is 22.2 Å². The Morgan fingerprint density at radius 2 is 1.08 bits per heavy atom. The minimum absolute atomic E-state index is 0.0939. The molecule has 306 valence electrons. The topological polar surface area (TPSA) is 133 Å². The number of fused-ring (bicyclic) bond motifs is 6. The number of alkyl halides is 2. The third kappa shape index (κ3) is 6.09. The lowest BCUT2D eigenvalue weighted by Gasteiger charge is -2.45. The van der Waals surface area contributed by atoms with Gasteiger partial charge in [-0.25, -0.2) is 22.0 Å². The Labute approximate surface area is 345 Å². The van der Waals surface area contributed by atoms with Gasteiger partial charge in [0.1, 0.15) is 24.2 Å². The molecule has 0 atom stereocenters. The smallest absolute Gasteiger partial charge is 0.409 e. The Hall–Kier alpha value is -6.32. The highest BCUT2D eigenvalue weighted by atomic mass is 32.2. The summed E-state index contributed by atoms with van der Waals surface area (Å²) < 4.78 is 57.9. The lowest BCUT2D eigenvalue weighted by molar-refractivity contribution is -0.128. The Kier molecular flexibility index (Phi) is 9.62. The van der Waals surface area contributed by atoms with Crippen LogP contribution in [-0.2, 0) is 61.6 Å². The largest absolute Gasteiger partial charge is 0.453 e. The number of methoxy groups -OCH3 is 1. The zero-order valence-electron chi connectivity index (χ0n) is 32.8. The van der Waals surface area contributed by atoms with Crippen LogP contribution in [0.5, 0.6) is 0 Å². The van der Waals surface area contributed by atoms with Gasteiger partial charge in [0.25, 0.3) is 0 Å². The van der Waals surface area contributed by atoms with Gasteiger partial charge in [0.15, 0.2) is 0 Å². The van der Waals surface area contributed by atoms with E-state index < -0.39 is 40.3 Å². The summed E-state index contributed by atoms with van der Waals surface area (Å²) in [5, 5.41) is 3.30. The van der Waals surface area contributed by atoms with Crippen LogP contribution in [0, 0.1) is 0 Å². The van der Waals surface area contributed by atoms with Crippen LogP contribution >= 0.6 is 0 Å². The van der Waals surface area contributed by atoms with Crippen molar-refractivity contribution in [3.63, 3.8) is 0 Å². The molecule has 10 rings (SSSR count). The molecule has 15 heteroatoms. The van der Waals surface area contributed by atoms with Gasteiger partial charge in [-0.1, -0.05) is 84.9 Å². The van der Waals surface area contributed by atoms with Crippen molar-refractivity contribution >= 4 is 60.9 Å². The number of likely N-dealkylation sites (tertiary alicyclic amines) is 1. The highest BCUT2D eigenvalue weighted by Gasteiger charge is 2.61. The Morgan fingerprint density at radius 3 is 1.52 bits per heavy atom. The van der Waals surface area contributed by atoms with E-state index in [9.17, 15) is 31.6 Å². The quantitative estimate of drug-likeness (QED) is 0.182. The van der Waals surface area contributed by atoms with Crippen molar-refractivity contribution in [2.24, 2.45) is 0 Å². The van der Waals surface area contributed by atoms with Crippen molar-refractivity contribution in [3.05, 3.63) is 143 Å². The Bertz CT molecular complexity index is 2850. The Morgan fingerprint density at radius 1 is 0.667 bits per heavy atom. The van der Waals surface area contributed by atoms with Crippen LogP contribution in [0.25, 0.3) is 21.5 Å². The van der Waals surface area contributed by atoms with Gasteiger partial charge in [0, 0.05) is 71.8 Å². The molecule has 4 aliphatic rings. The number of sulfonamides is 1. The molecule has 2 saturated heterocycles. The molecule has 4 aromatic carbocycles. The minimum atomic E-state index is -3.37. The number of aromatic nitrogens is 2. The van der Waals surface area contributed by atoms with Gasteiger partial charge in [-0.3, -0.25) is 19.6 Å². The van der Waals surface area contributed by atoms with Gasteiger partial charge >= 0.3 is 6.09 Å². The summed E-state index contributed by atoms with van der Waals surface area (Å²) in [5.41, 5.74) is 3.59. The standard InChI is InChI=1S/C23H20FN3O3.C22H20FN3O3S/c1-30-22(29)26-13-23(14-26)18-8-4-5-9-20(18)27(21(23)28)12-19-17(10-24)16-7-3-2-6-15(16)11-25-19;1-30(28,29)25-13-22(14-25)18-8-4-5-9-20(18)26(21(22)27)12-19-17(10-23)16-7-3-2-6-15(16)11-24-19/h2*2-9,11H,10,12-14H2,1H3. The highest BCUT2D eigenvalue weighted by Crippen LogP contribution is 2.50. The predicted molar refractivity (Wildman–Crippen MR) is 222 cm³/mol. The second kappa shape index (κ2) is 14.7. The van der Waals surface area contributed by atoms with Gasteiger partial charge in [-0.2, -0.15) is 4.31 Å². The molecule has 2 spiro atoms. The minimum Gasteiger partial charge on any atom is -0.453 e. The normalized spacial score (nSPS) is 17.4. The summed E-state index contributed by atoms with van der Waals surface area (Å²) in [6.45, 7) is -0.228. The number of anilines is 2. The number of pyridine rings is 2. The van der Waals surface area contributed by atoms with E-state index in [0.29, 0.717) is 22.5 Å². The first-order valence-electron chi connectivity index (χ1n) is 19.4. The maximum Gasteiger partial charge on any atom is 0.409 e. The number of hydrogen-bond acceptors (Lipinski definition) is 8. The molecule has 0 radical (unpaired) electrons. The van der Waals surface area contributed by atoms with Crippen LogP contribution in [0.1, 0.15) is 33.6 Å². The van der Waals surface area contributed by atoms with E-state index in [-0.39, 0.29) is 51.1 Å². The van der Waals surface area contributed by atoms with Gasteiger partial charge in [0.2, 0.25) is 21.8 Å². The molecule has 12 nitrogen and oxygen atoms in total. The molecule has 60 heavy (non-hydrogen) atoms. The fourth-order valence-electron chi connectivity index (χ4n) is 9.17. The summed E-state index contributed by atoms with van der Waals surface area (Å²) in [6.07, 6.45) is 4.12. The van der Waals surface area contributed by atoms with Crippen LogP contribution in [0.3, 0.4) is 0 Å². The predicted octanol–water partition coefficient (Wildman–Crippen LogP) is 6.34. The summed E-state index contributed by atoms with van der Waals surface area (Å²) in [7, 11) is -2.04. The van der Waals surface area contributed by atoms with Gasteiger partial charge in [-0.15, -0.1) is 0 Å². The highest BCUT2D eigenvalue weighted by molar-refractivity contribution is 7.88. The summed E-state index contributed by atoms with van der Waals surface area (Å²) >= 11 is 0. The summed E-state index contributed by atoms with van der Waals surface area (Å²) in [5.74, 6) is -0.257. The average Bonchev–Trinajstić information content (AvgIpc) is 3.63. The summed E-state index contributed by atoms with van der Waals surface area (Å²) in [4.78, 5) is 52.6. The van der Waals surface area contributed by atoms with E-state index in [0.717, 1.165) is 50.3 Å². The molecule has 0 saturated carbocycles. The molecule has 0 N–H and O–H groups in total. The number of rotatable bonds is 7. The molecule has 0 unspecified atom stereocenters. The van der Waals surface area contributed by atoms with E-state index >= 15 is 0 Å². The molecule has 0 bridgehead atoms. The lowest BCUT2D eigenvalue weighted by atomic mass is 9.75. The van der Waals surface area contributed by atoms with Gasteiger partial charge in [-0.05, 0) is 34.0 Å². The first-order chi connectivity index (χ1) is 28.9. The van der Waals surface area contributed by atoms with E-state index in [1.165, 1.54) is 16.3 Å². The number of amides is 3. The number of para-hydroxylation sites is 2. The zero-order chi connectivity index (χ0) is 42.0. The van der Waals surface area contributed by atoms with Crippen LogP contribution < -0.4 is 9.80 Å². The number of ether oxygens (including phenoxy) is 1. The molecule has 6 heterocycles. The Balaban J connectivity index is 0.000000154. The third-order valence-electron chi connectivity index (χ3n) is 12.3. The molecule has 2 fully saturated rings. The monoisotopic (exact) mass is 830 g/mol. The molecule has 3 amide bonds. The molecular formula is C45H40F2N6O6S. The second-order valence-electron chi connectivity index (χ2n) is 15.6. The molecule has 4 aliphatic heterocycles. The molecular weight excluding hydrogens is 791 g/mol. The van der Waals surface area contributed by atoms with Crippen molar-refractivity contribution < 1.29 is 36.3 Å². The molecule has 2 aromatic heterocycles. The fraction of sp³-hybridized carbons (Fsp3) is 0.267. The number of nitrogens with zero attached hydrogens (tertiary/aromatic N) is 6. The zero-order valence-corrected chi connectivity index (χ0v) is 33.7. The van der Waals surface area contributed by atoms with Crippen LogP contribution in [0.15, 0.2) is 109 Å². The van der Waals surface area contributed by atoms with Crippen molar-refractivity contribution in [2.75, 3.05) is 49.3 Å². The molecule has 6 aromatic rings. The number of carbonyl (C=O) groups is 3. The van der Waals surface area contributed by atoms with Gasteiger partial charge < -0.3 is 19.4 Å². The number of benzene rings is 4. The number of hydrogen-bond donors (Lipinski definition) is 0. The van der Waals surface area contributed by atoms with Crippen molar-refractivity contribution in [2.45, 2.75) is 37.3 Å². The van der Waals surface area contributed by atoms with Crippen LogP contribution in [0.4, 0.5) is 25.0 Å². The van der Waals surface area contributed by atoms with Crippen molar-refractivity contribution in [1.29, 1.82) is 0 Å². The first-order valence-corrected chi connectivity index (χ1v) is 21.2. The third-order valence-corrected chi connectivity index (χ3v) is 13.5. The van der Waals surface area contributed by atoms with E-state index in [2.05, 4.69) is 9.97 Å². The summed E-state index contributed by atoms with van der Waals surface area (Å²) in [6, 6.07) is 30.0. The maximum absolute atomic E-state index is 14.0. The number of carbonyl (C=O) groups excluding carboxylic acids is 3. The first kappa shape index (κ1) is 39.2. The lowest BCUT2D eigenvalue weighted by Crippen LogP contribution is -2.65. The number of halogens is 2.